The van der Waals surface area contributed by atoms with E-state index in [9.17, 15) is 13.2 Å². The molecule has 0 unspecified atom stereocenters. The van der Waals surface area contributed by atoms with E-state index in [0.717, 1.165) is 5.56 Å². The van der Waals surface area contributed by atoms with E-state index in [2.05, 4.69) is 4.72 Å². The van der Waals surface area contributed by atoms with Crippen LogP contribution in [0.3, 0.4) is 0 Å². The molecule has 94 valence electrons. The molecule has 0 radical (unpaired) electrons. The zero-order valence-corrected chi connectivity index (χ0v) is 10.3. The SMILES string of the molecule is CCS(=O)(=O)N[C@H](Cc1ccccc1)C(=O)O. The van der Waals surface area contributed by atoms with Gasteiger partial charge in [0.25, 0.3) is 0 Å². The maximum absolute atomic E-state index is 11.3. The molecule has 0 heterocycles. The van der Waals surface area contributed by atoms with Crippen LogP contribution < -0.4 is 4.72 Å². The second-order valence-electron chi connectivity index (χ2n) is 3.60. The van der Waals surface area contributed by atoms with Gasteiger partial charge in [-0.15, -0.1) is 0 Å². The third kappa shape index (κ3) is 4.54. The highest BCUT2D eigenvalue weighted by Gasteiger charge is 2.22. The second kappa shape index (κ2) is 5.79. The van der Waals surface area contributed by atoms with E-state index >= 15 is 0 Å². The Morgan fingerprint density at radius 2 is 1.94 bits per heavy atom. The molecule has 0 amide bonds. The van der Waals surface area contributed by atoms with Crippen molar-refractivity contribution >= 4 is 16.0 Å². The van der Waals surface area contributed by atoms with Crippen molar-refractivity contribution in [2.24, 2.45) is 0 Å². The third-order valence-electron chi connectivity index (χ3n) is 2.28. The predicted molar refractivity (Wildman–Crippen MR) is 64.2 cm³/mol. The molecule has 17 heavy (non-hydrogen) atoms. The summed E-state index contributed by atoms with van der Waals surface area (Å²) in [7, 11) is -3.51. The highest BCUT2D eigenvalue weighted by Crippen LogP contribution is 2.04. The molecule has 2 N–H and O–H groups in total. The quantitative estimate of drug-likeness (QED) is 0.782. The summed E-state index contributed by atoms with van der Waals surface area (Å²) >= 11 is 0. The number of benzene rings is 1. The van der Waals surface area contributed by atoms with Crippen molar-refractivity contribution in [2.45, 2.75) is 19.4 Å². The Morgan fingerprint density at radius 3 is 2.41 bits per heavy atom. The van der Waals surface area contributed by atoms with Crippen LogP contribution in [-0.4, -0.2) is 31.3 Å². The summed E-state index contributed by atoms with van der Waals surface area (Å²) in [6.45, 7) is 1.46. The van der Waals surface area contributed by atoms with Gasteiger partial charge in [0.1, 0.15) is 6.04 Å². The average Bonchev–Trinajstić information content (AvgIpc) is 2.29. The fourth-order valence-electron chi connectivity index (χ4n) is 1.33. The first-order chi connectivity index (χ1) is 7.94. The average molecular weight is 257 g/mol. The number of carbonyl (C=O) groups is 1. The number of aliphatic carboxylic acids is 1. The lowest BCUT2D eigenvalue weighted by Crippen LogP contribution is -2.42. The summed E-state index contributed by atoms with van der Waals surface area (Å²) in [6, 6.07) is 7.77. The van der Waals surface area contributed by atoms with Gasteiger partial charge in [-0.1, -0.05) is 30.3 Å². The first-order valence-corrected chi connectivity index (χ1v) is 6.86. The Morgan fingerprint density at radius 1 is 1.35 bits per heavy atom. The number of carboxylic acid groups (broad SMARTS) is 1. The molecule has 0 aromatic heterocycles. The van der Waals surface area contributed by atoms with Gasteiger partial charge >= 0.3 is 5.97 Å². The molecule has 5 nitrogen and oxygen atoms in total. The molecule has 6 heteroatoms. The first-order valence-electron chi connectivity index (χ1n) is 5.21. The van der Waals surface area contributed by atoms with Crippen LogP contribution in [-0.2, 0) is 21.2 Å². The zero-order chi connectivity index (χ0) is 12.9. The summed E-state index contributed by atoms with van der Waals surface area (Å²) in [5.41, 5.74) is 0.777. The molecule has 1 aromatic carbocycles. The number of rotatable bonds is 6. The highest BCUT2D eigenvalue weighted by atomic mass is 32.2. The Kier molecular flexibility index (Phi) is 4.65. The first kappa shape index (κ1) is 13.7. The van der Waals surface area contributed by atoms with Gasteiger partial charge < -0.3 is 5.11 Å². The number of hydrogen-bond acceptors (Lipinski definition) is 3. The van der Waals surface area contributed by atoms with Gasteiger partial charge in [-0.25, -0.2) is 13.1 Å². The minimum absolute atomic E-state index is 0.133. The van der Waals surface area contributed by atoms with E-state index in [-0.39, 0.29) is 12.2 Å². The predicted octanol–water partition coefficient (Wildman–Crippen LogP) is 0.622. The van der Waals surface area contributed by atoms with E-state index in [1.165, 1.54) is 6.92 Å². The monoisotopic (exact) mass is 257 g/mol. The summed E-state index contributed by atoms with van der Waals surface area (Å²) in [5.74, 6) is -1.31. The van der Waals surface area contributed by atoms with Crippen LogP contribution in [0.4, 0.5) is 0 Å². The molecule has 0 bridgehead atoms. The number of sulfonamides is 1. The van der Waals surface area contributed by atoms with Crippen molar-refractivity contribution in [1.29, 1.82) is 0 Å². The molecule has 1 rings (SSSR count). The van der Waals surface area contributed by atoms with Crippen molar-refractivity contribution in [3.8, 4) is 0 Å². The number of nitrogens with one attached hydrogen (secondary N) is 1. The van der Waals surface area contributed by atoms with Crippen molar-refractivity contribution in [3.63, 3.8) is 0 Å². The molecule has 1 aromatic rings. The Hall–Kier alpha value is -1.40. The van der Waals surface area contributed by atoms with Crippen LogP contribution in [0.5, 0.6) is 0 Å². The minimum Gasteiger partial charge on any atom is -0.480 e. The highest BCUT2D eigenvalue weighted by molar-refractivity contribution is 7.89. The summed E-state index contributed by atoms with van der Waals surface area (Å²) in [5, 5.41) is 8.97. The molecule has 0 fully saturated rings. The number of hydrogen-bond donors (Lipinski definition) is 2. The van der Waals surface area contributed by atoms with Gasteiger partial charge in [0.2, 0.25) is 10.0 Å². The van der Waals surface area contributed by atoms with Crippen LogP contribution in [0.25, 0.3) is 0 Å². The molecule has 0 aliphatic carbocycles. The lowest BCUT2D eigenvalue weighted by atomic mass is 10.1. The maximum Gasteiger partial charge on any atom is 0.322 e. The van der Waals surface area contributed by atoms with Gasteiger partial charge in [0, 0.05) is 0 Å². The van der Waals surface area contributed by atoms with Crippen LogP contribution in [0.2, 0.25) is 0 Å². The largest absolute Gasteiger partial charge is 0.480 e. The van der Waals surface area contributed by atoms with E-state index in [4.69, 9.17) is 5.11 Å². The summed E-state index contributed by atoms with van der Waals surface area (Å²) < 4.78 is 24.8. The lowest BCUT2D eigenvalue weighted by Gasteiger charge is -2.13. The molecule has 0 aliphatic rings. The lowest BCUT2D eigenvalue weighted by molar-refractivity contribution is -0.138. The summed E-state index contributed by atoms with van der Waals surface area (Å²) in [6.07, 6.45) is 0.134. The topological polar surface area (TPSA) is 83.5 Å². The molecule has 1 atom stereocenters. The smallest absolute Gasteiger partial charge is 0.322 e. The van der Waals surface area contributed by atoms with Crippen molar-refractivity contribution in [3.05, 3.63) is 35.9 Å². The van der Waals surface area contributed by atoms with E-state index in [0.29, 0.717) is 0 Å². The van der Waals surface area contributed by atoms with E-state index < -0.39 is 22.0 Å². The van der Waals surface area contributed by atoms with Crippen LogP contribution in [0.1, 0.15) is 12.5 Å². The van der Waals surface area contributed by atoms with E-state index in [1.54, 1.807) is 24.3 Å². The Labute approximate surface area is 101 Å². The Bertz CT molecular complexity index is 470. The van der Waals surface area contributed by atoms with Crippen LogP contribution in [0, 0.1) is 0 Å². The molecule has 0 aliphatic heterocycles. The van der Waals surface area contributed by atoms with Crippen LogP contribution in [0.15, 0.2) is 30.3 Å². The Balaban J connectivity index is 2.78. The molecular weight excluding hydrogens is 242 g/mol. The van der Waals surface area contributed by atoms with Crippen molar-refractivity contribution in [2.75, 3.05) is 5.75 Å². The summed E-state index contributed by atoms with van der Waals surface area (Å²) in [4.78, 5) is 11.0. The van der Waals surface area contributed by atoms with Crippen molar-refractivity contribution in [1.82, 2.24) is 4.72 Å². The van der Waals surface area contributed by atoms with Gasteiger partial charge in [-0.05, 0) is 18.9 Å². The minimum atomic E-state index is -3.51. The normalized spacial score (nSPS) is 13.2. The van der Waals surface area contributed by atoms with Crippen molar-refractivity contribution < 1.29 is 18.3 Å². The standard InChI is InChI=1S/C11H15NO4S/c1-2-17(15,16)12-10(11(13)14)8-9-6-4-3-5-7-9/h3-7,10,12H,2,8H2,1H3,(H,13,14)/t10-/m1/s1. The van der Waals surface area contributed by atoms with Gasteiger partial charge in [0.15, 0.2) is 0 Å². The number of carboxylic acids is 1. The molecule has 0 spiro atoms. The molecule has 0 saturated carbocycles. The zero-order valence-electron chi connectivity index (χ0n) is 9.46. The van der Waals surface area contributed by atoms with Crippen LogP contribution >= 0.6 is 0 Å². The fourth-order valence-corrected chi connectivity index (χ4v) is 2.11. The van der Waals surface area contributed by atoms with E-state index in [1.807, 2.05) is 6.07 Å². The maximum atomic E-state index is 11.3. The molecular formula is C11H15NO4S. The second-order valence-corrected chi connectivity index (χ2v) is 5.64. The van der Waals surface area contributed by atoms with Gasteiger partial charge in [-0.3, -0.25) is 4.79 Å². The van der Waals surface area contributed by atoms with Gasteiger partial charge in [-0.2, -0.15) is 0 Å². The van der Waals surface area contributed by atoms with Gasteiger partial charge in [0.05, 0.1) is 5.75 Å². The molecule has 0 saturated heterocycles. The third-order valence-corrected chi connectivity index (χ3v) is 3.69. The fraction of sp³-hybridized carbons (Fsp3) is 0.364.